The third-order valence-electron chi connectivity index (χ3n) is 4.33. The van der Waals surface area contributed by atoms with Gasteiger partial charge >= 0.3 is 0 Å². The zero-order valence-electron chi connectivity index (χ0n) is 15.7. The fourth-order valence-corrected chi connectivity index (χ4v) is 4.33. The van der Waals surface area contributed by atoms with E-state index in [0.717, 1.165) is 27.9 Å². The van der Waals surface area contributed by atoms with Crippen molar-refractivity contribution in [2.75, 3.05) is 0 Å². The molecule has 1 saturated heterocycles. The Hall–Kier alpha value is -2.87. The number of thioether (sulfide) groups is 1. The Kier molecular flexibility index (Phi) is 5.76. The molecule has 1 aliphatic heterocycles. The Morgan fingerprint density at radius 1 is 1.17 bits per heavy atom. The molecule has 1 N–H and O–H groups in total. The molecule has 0 atom stereocenters. The number of hydrogen-bond acceptors (Lipinski definition) is 5. The smallest absolute Gasteiger partial charge is 0.285 e. The molecule has 0 radical (unpaired) electrons. The van der Waals surface area contributed by atoms with Crippen LogP contribution < -0.4 is 5.43 Å². The molecule has 4 rings (SSSR count). The molecule has 1 fully saturated rings. The second kappa shape index (κ2) is 8.47. The summed E-state index contributed by atoms with van der Waals surface area (Å²) in [7, 11) is 0. The van der Waals surface area contributed by atoms with Crippen molar-refractivity contribution in [2.24, 2.45) is 0 Å². The molecular weight excluding hydrogens is 440 g/mol. The van der Waals surface area contributed by atoms with Crippen molar-refractivity contribution < 1.29 is 14.0 Å². The van der Waals surface area contributed by atoms with Crippen molar-refractivity contribution in [1.82, 2.24) is 10.4 Å². The number of halogens is 1. The Morgan fingerprint density at radius 2 is 1.93 bits per heavy atom. The van der Waals surface area contributed by atoms with E-state index in [1.54, 1.807) is 30.3 Å². The third-order valence-corrected chi connectivity index (χ3v) is 5.95. The number of thiocarbonyl (C=S) groups is 1. The van der Waals surface area contributed by atoms with E-state index >= 15 is 0 Å². The fraction of sp³-hybridized carbons (Fsp3) is 0.0455. The first kappa shape index (κ1) is 20.4. The normalized spacial score (nSPS) is 15.1. The Labute approximate surface area is 187 Å². The van der Waals surface area contributed by atoms with Gasteiger partial charge in [-0.2, -0.15) is 5.01 Å². The topological polar surface area (TPSA) is 62.6 Å². The van der Waals surface area contributed by atoms with E-state index in [4.69, 9.17) is 28.2 Å². The number of furan rings is 1. The van der Waals surface area contributed by atoms with Gasteiger partial charge < -0.3 is 4.42 Å². The molecule has 2 heterocycles. The largest absolute Gasteiger partial charge is 0.457 e. The van der Waals surface area contributed by atoms with Gasteiger partial charge in [-0.25, -0.2) is 0 Å². The number of nitrogens with zero attached hydrogens (tertiary/aromatic N) is 1. The average molecular weight is 455 g/mol. The first-order valence-electron chi connectivity index (χ1n) is 8.93. The molecule has 1 aliphatic rings. The minimum atomic E-state index is -0.512. The van der Waals surface area contributed by atoms with Crippen molar-refractivity contribution in [2.45, 2.75) is 6.92 Å². The van der Waals surface area contributed by atoms with E-state index in [-0.39, 0.29) is 9.88 Å². The van der Waals surface area contributed by atoms with E-state index in [9.17, 15) is 9.59 Å². The molecule has 2 amide bonds. The highest BCUT2D eigenvalue weighted by molar-refractivity contribution is 8.26. The van der Waals surface area contributed by atoms with Gasteiger partial charge in [0.15, 0.2) is 4.32 Å². The molecule has 3 aromatic rings. The van der Waals surface area contributed by atoms with Crippen LogP contribution >= 0.6 is 35.6 Å². The first-order valence-corrected chi connectivity index (χ1v) is 10.5. The van der Waals surface area contributed by atoms with Gasteiger partial charge in [0.1, 0.15) is 11.5 Å². The monoisotopic (exact) mass is 454 g/mol. The standard InChI is InChI=1S/C22H15ClN2O3S2/c1-13-7-9-16(17(23)11-13)20(26)24-25-21(27)19(30-22(25)29)12-15-8-10-18(28-15)14-5-3-2-4-6-14/h2-12H,1H3,(H,24,26)/b19-12-. The molecule has 1 aromatic heterocycles. The predicted molar refractivity (Wildman–Crippen MR) is 123 cm³/mol. The summed E-state index contributed by atoms with van der Waals surface area (Å²) < 4.78 is 6.04. The average Bonchev–Trinajstić information content (AvgIpc) is 3.29. The van der Waals surface area contributed by atoms with Gasteiger partial charge in [0.05, 0.1) is 15.5 Å². The van der Waals surface area contributed by atoms with Crippen LogP contribution in [0.25, 0.3) is 17.4 Å². The lowest BCUT2D eigenvalue weighted by atomic mass is 10.1. The third kappa shape index (κ3) is 4.18. The molecule has 8 heteroatoms. The first-order chi connectivity index (χ1) is 14.4. The maximum atomic E-state index is 12.8. The minimum absolute atomic E-state index is 0.220. The summed E-state index contributed by atoms with van der Waals surface area (Å²) >= 11 is 12.5. The quantitative estimate of drug-likeness (QED) is 0.419. The molecule has 0 bridgehead atoms. The lowest BCUT2D eigenvalue weighted by Gasteiger charge is -2.16. The lowest BCUT2D eigenvalue weighted by molar-refractivity contribution is -0.123. The van der Waals surface area contributed by atoms with E-state index in [0.29, 0.717) is 21.4 Å². The SMILES string of the molecule is Cc1ccc(C(=O)NN2C(=O)/C(=C/c3ccc(-c4ccccc4)o3)SC2=S)c(Cl)c1. The predicted octanol–water partition coefficient (Wildman–Crippen LogP) is 5.45. The molecule has 2 aromatic carbocycles. The highest BCUT2D eigenvalue weighted by Crippen LogP contribution is 2.33. The zero-order chi connectivity index (χ0) is 21.3. The molecule has 0 spiro atoms. The van der Waals surface area contributed by atoms with Gasteiger partial charge in [0.2, 0.25) is 0 Å². The fourth-order valence-electron chi connectivity index (χ4n) is 2.85. The molecule has 150 valence electrons. The number of hydrogen-bond donors (Lipinski definition) is 1. The summed E-state index contributed by atoms with van der Waals surface area (Å²) in [6.07, 6.45) is 1.61. The number of aryl methyl sites for hydroxylation is 1. The number of nitrogens with one attached hydrogen (secondary N) is 1. The zero-order valence-corrected chi connectivity index (χ0v) is 18.1. The highest BCUT2D eigenvalue weighted by Gasteiger charge is 2.34. The molecule has 0 saturated carbocycles. The van der Waals surface area contributed by atoms with Crippen LogP contribution in [0.5, 0.6) is 0 Å². The van der Waals surface area contributed by atoms with Gasteiger partial charge in [0.25, 0.3) is 11.8 Å². The maximum Gasteiger partial charge on any atom is 0.285 e. The van der Waals surface area contributed by atoms with Crippen molar-refractivity contribution in [3.8, 4) is 11.3 Å². The Balaban J connectivity index is 1.51. The number of carbonyl (C=O) groups is 2. The number of hydrazine groups is 1. The Morgan fingerprint density at radius 3 is 2.67 bits per heavy atom. The van der Waals surface area contributed by atoms with Gasteiger partial charge in [-0.1, -0.05) is 59.8 Å². The van der Waals surface area contributed by atoms with Crippen LogP contribution in [-0.4, -0.2) is 21.1 Å². The van der Waals surface area contributed by atoms with Gasteiger partial charge in [0, 0.05) is 11.6 Å². The molecular formula is C22H15ClN2O3S2. The van der Waals surface area contributed by atoms with Crippen molar-refractivity contribution in [1.29, 1.82) is 0 Å². The number of amides is 2. The maximum absolute atomic E-state index is 12.8. The van der Waals surface area contributed by atoms with Crippen LogP contribution in [0.3, 0.4) is 0 Å². The number of benzene rings is 2. The summed E-state index contributed by atoms with van der Waals surface area (Å²) in [6, 6.07) is 18.3. The van der Waals surface area contributed by atoms with E-state index < -0.39 is 11.8 Å². The molecule has 30 heavy (non-hydrogen) atoms. The van der Waals surface area contributed by atoms with Gasteiger partial charge in [-0.15, -0.1) is 0 Å². The Bertz CT molecular complexity index is 1190. The summed E-state index contributed by atoms with van der Waals surface area (Å²) in [5, 5.41) is 1.35. The van der Waals surface area contributed by atoms with Crippen LogP contribution in [0.4, 0.5) is 0 Å². The van der Waals surface area contributed by atoms with Gasteiger partial charge in [-0.3, -0.25) is 15.0 Å². The molecule has 0 aliphatic carbocycles. The number of carbonyl (C=O) groups excluding carboxylic acids is 2. The van der Waals surface area contributed by atoms with Crippen LogP contribution in [0.15, 0.2) is 70.0 Å². The van der Waals surface area contributed by atoms with Crippen LogP contribution in [0.2, 0.25) is 5.02 Å². The van der Waals surface area contributed by atoms with Crippen molar-refractivity contribution in [3.63, 3.8) is 0 Å². The number of rotatable bonds is 4. The minimum Gasteiger partial charge on any atom is -0.457 e. The van der Waals surface area contributed by atoms with E-state index in [1.165, 1.54) is 0 Å². The van der Waals surface area contributed by atoms with Crippen molar-refractivity contribution in [3.05, 3.63) is 87.5 Å². The van der Waals surface area contributed by atoms with Crippen LogP contribution in [0, 0.1) is 6.92 Å². The second-order valence-corrected chi connectivity index (χ2v) is 8.59. The second-order valence-electron chi connectivity index (χ2n) is 6.51. The summed E-state index contributed by atoms with van der Waals surface area (Å²) in [4.78, 5) is 25.7. The van der Waals surface area contributed by atoms with Gasteiger partial charge in [-0.05, 0) is 49.0 Å². The lowest BCUT2D eigenvalue weighted by Crippen LogP contribution is -2.44. The van der Waals surface area contributed by atoms with Crippen molar-refractivity contribution >= 4 is 57.8 Å². The summed E-state index contributed by atoms with van der Waals surface area (Å²) in [5.74, 6) is 0.267. The highest BCUT2D eigenvalue weighted by atomic mass is 35.5. The molecule has 5 nitrogen and oxygen atoms in total. The summed E-state index contributed by atoms with van der Waals surface area (Å²) in [6.45, 7) is 1.87. The van der Waals surface area contributed by atoms with Crippen LogP contribution in [-0.2, 0) is 4.79 Å². The molecule has 0 unspecified atom stereocenters. The van der Waals surface area contributed by atoms with Crippen LogP contribution in [0.1, 0.15) is 21.7 Å². The summed E-state index contributed by atoms with van der Waals surface area (Å²) in [5.41, 5.74) is 4.66. The van der Waals surface area contributed by atoms with E-state index in [2.05, 4.69) is 5.43 Å². The van der Waals surface area contributed by atoms with E-state index in [1.807, 2.05) is 43.3 Å².